The van der Waals surface area contributed by atoms with Crippen molar-refractivity contribution >= 4 is 27.8 Å². The van der Waals surface area contributed by atoms with Crippen LogP contribution in [0.4, 0.5) is 17.1 Å². The van der Waals surface area contributed by atoms with E-state index in [1.54, 1.807) is 0 Å². The van der Waals surface area contributed by atoms with Gasteiger partial charge in [-0.3, -0.25) is 0 Å². The Hall–Kier alpha value is -3.84. The number of para-hydroxylation sites is 1. The third kappa shape index (κ3) is 3.02. The summed E-state index contributed by atoms with van der Waals surface area (Å²) in [4.78, 5) is 2.39. The molecule has 0 heterocycles. The summed E-state index contributed by atoms with van der Waals surface area (Å²) in [5.74, 6) is 0. The van der Waals surface area contributed by atoms with E-state index in [2.05, 4.69) is 121 Å². The maximum absolute atomic E-state index is 2.39. The van der Waals surface area contributed by atoms with Crippen LogP contribution in [0.2, 0.25) is 0 Å². The van der Waals surface area contributed by atoms with E-state index in [-0.39, 0.29) is 0 Å². The summed E-state index contributed by atoms with van der Waals surface area (Å²) in [6, 6.07) is 39.6. The highest BCUT2D eigenvalue weighted by Gasteiger charge is 2.21. The molecule has 1 heteroatoms. The molecule has 0 amide bonds. The summed E-state index contributed by atoms with van der Waals surface area (Å²) < 4.78 is 0. The number of rotatable bonds is 3. The Morgan fingerprint density at radius 1 is 0.581 bits per heavy atom. The van der Waals surface area contributed by atoms with Crippen molar-refractivity contribution in [2.45, 2.75) is 13.3 Å². The van der Waals surface area contributed by atoms with Crippen molar-refractivity contribution in [1.82, 2.24) is 0 Å². The van der Waals surface area contributed by atoms with Crippen LogP contribution in [0.3, 0.4) is 0 Å². The molecule has 0 fully saturated rings. The zero-order valence-electron chi connectivity index (χ0n) is 17.5. The molecule has 6 rings (SSSR count). The molecular formula is C30H23N. The molecule has 0 radical (unpaired) electrons. The molecule has 1 aliphatic rings. The maximum Gasteiger partial charge on any atom is 0.0540 e. The van der Waals surface area contributed by atoms with Gasteiger partial charge in [0.25, 0.3) is 0 Å². The average molecular weight is 398 g/mol. The number of fused-ring (bicyclic) bond motifs is 4. The second-order valence-electron chi connectivity index (χ2n) is 8.35. The predicted octanol–water partition coefficient (Wildman–Crippen LogP) is 8.19. The van der Waals surface area contributed by atoms with E-state index in [0.717, 1.165) is 6.42 Å². The van der Waals surface area contributed by atoms with E-state index in [1.807, 2.05) is 0 Å². The highest BCUT2D eigenvalue weighted by atomic mass is 15.1. The van der Waals surface area contributed by atoms with E-state index < -0.39 is 0 Å². The third-order valence-corrected chi connectivity index (χ3v) is 6.30. The van der Waals surface area contributed by atoms with Crippen LogP contribution < -0.4 is 4.90 Å². The quantitative estimate of drug-likeness (QED) is 0.291. The van der Waals surface area contributed by atoms with Crippen LogP contribution in [-0.4, -0.2) is 0 Å². The zero-order chi connectivity index (χ0) is 20.8. The van der Waals surface area contributed by atoms with Gasteiger partial charge in [-0.25, -0.2) is 0 Å². The topological polar surface area (TPSA) is 3.24 Å². The van der Waals surface area contributed by atoms with Gasteiger partial charge in [-0.1, -0.05) is 84.4 Å². The number of hydrogen-bond donors (Lipinski definition) is 0. The second-order valence-corrected chi connectivity index (χ2v) is 8.35. The van der Waals surface area contributed by atoms with Crippen molar-refractivity contribution in [2.75, 3.05) is 4.90 Å². The Morgan fingerprint density at radius 2 is 1.29 bits per heavy atom. The molecule has 0 aliphatic heterocycles. The van der Waals surface area contributed by atoms with Crippen LogP contribution >= 0.6 is 0 Å². The van der Waals surface area contributed by atoms with E-state index >= 15 is 0 Å². The summed E-state index contributed by atoms with van der Waals surface area (Å²) >= 11 is 0. The van der Waals surface area contributed by atoms with Gasteiger partial charge in [0.2, 0.25) is 0 Å². The zero-order valence-corrected chi connectivity index (χ0v) is 17.5. The minimum atomic E-state index is 0.998. The molecule has 0 aromatic heterocycles. The summed E-state index contributed by atoms with van der Waals surface area (Å²) in [5, 5.41) is 2.51. The van der Waals surface area contributed by atoms with Crippen LogP contribution in [0.1, 0.15) is 16.7 Å². The van der Waals surface area contributed by atoms with Crippen molar-refractivity contribution in [1.29, 1.82) is 0 Å². The van der Waals surface area contributed by atoms with Gasteiger partial charge < -0.3 is 4.90 Å². The number of anilines is 3. The summed E-state index contributed by atoms with van der Waals surface area (Å²) in [7, 11) is 0. The van der Waals surface area contributed by atoms with Crippen LogP contribution in [0.15, 0.2) is 109 Å². The Balaban J connectivity index is 1.54. The summed E-state index contributed by atoms with van der Waals surface area (Å²) in [5.41, 5.74) is 10.5. The van der Waals surface area contributed by atoms with Crippen molar-refractivity contribution in [3.05, 3.63) is 126 Å². The van der Waals surface area contributed by atoms with Gasteiger partial charge in [0, 0.05) is 16.8 Å². The molecule has 0 bridgehead atoms. The molecular weight excluding hydrogens is 374 g/mol. The SMILES string of the molecule is Cc1ccc2c(c1)Cc1cc(N(c3ccccc3)c3cccc4ccccc34)ccc1-2. The van der Waals surface area contributed by atoms with E-state index in [9.17, 15) is 0 Å². The smallest absolute Gasteiger partial charge is 0.0540 e. The number of hydrogen-bond acceptors (Lipinski definition) is 1. The number of benzene rings is 5. The lowest BCUT2D eigenvalue weighted by Gasteiger charge is -2.27. The molecule has 148 valence electrons. The summed E-state index contributed by atoms with van der Waals surface area (Å²) in [6.07, 6.45) is 0.998. The first kappa shape index (κ1) is 18.0. The minimum absolute atomic E-state index is 0.998. The Bertz CT molecular complexity index is 1410. The maximum atomic E-state index is 2.39. The Labute approximate surface area is 183 Å². The molecule has 0 saturated heterocycles. The van der Waals surface area contributed by atoms with Gasteiger partial charge in [0.15, 0.2) is 0 Å². The molecule has 0 spiro atoms. The molecule has 1 nitrogen and oxygen atoms in total. The first-order valence-corrected chi connectivity index (χ1v) is 10.8. The molecule has 0 saturated carbocycles. The molecule has 0 N–H and O–H groups in total. The standard InChI is InChI=1S/C30H23N/c1-21-14-16-27-23(18-21)19-24-20-26(15-17-28(24)27)31(25-10-3-2-4-11-25)30-13-7-9-22-8-5-6-12-29(22)30/h2-18,20H,19H2,1H3. The van der Waals surface area contributed by atoms with Gasteiger partial charge in [-0.15, -0.1) is 0 Å². The lowest BCUT2D eigenvalue weighted by Crippen LogP contribution is -2.10. The largest absolute Gasteiger partial charge is 0.310 e. The fourth-order valence-electron chi connectivity index (χ4n) is 4.87. The molecule has 1 aliphatic carbocycles. The fraction of sp³-hybridized carbons (Fsp3) is 0.0667. The van der Waals surface area contributed by atoms with Gasteiger partial charge in [-0.05, 0) is 71.3 Å². The second kappa shape index (κ2) is 7.14. The lowest BCUT2D eigenvalue weighted by atomic mass is 10.0. The van der Waals surface area contributed by atoms with Crippen molar-refractivity contribution in [3.8, 4) is 11.1 Å². The molecule has 5 aromatic carbocycles. The van der Waals surface area contributed by atoms with E-state index in [1.165, 1.54) is 55.7 Å². The number of nitrogens with zero attached hydrogens (tertiary/aromatic N) is 1. The van der Waals surface area contributed by atoms with Crippen LogP contribution in [0, 0.1) is 6.92 Å². The predicted molar refractivity (Wildman–Crippen MR) is 132 cm³/mol. The van der Waals surface area contributed by atoms with Crippen molar-refractivity contribution < 1.29 is 0 Å². The van der Waals surface area contributed by atoms with E-state index in [4.69, 9.17) is 0 Å². The normalized spacial score (nSPS) is 11.9. The van der Waals surface area contributed by atoms with Gasteiger partial charge in [0.05, 0.1) is 5.69 Å². The highest BCUT2D eigenvalue weighted by molar-refractivity contribution is 5.99. The molecule has 31 heavy (non-hydrogen) atoms. The van der Waals surface area contributed by atoms with Gasteiger partial charge in [-0.2, -0.15) is 0 Å². The molecule has 5 aromatic rings. The van der Waals surface area contributed by atoms with Crippen LogP contribution in [0.25, 0.3) is 21.9 Å². The highest BCUT2D eigenvalue weighted by Crippen LogP contribution is 2.43. The molecule has 0 atom stereocenters. The van der Waals surface area contributed by atoms with Crippen molar-refractivity contribution in [3.63, 3.8) is 0 Å². The van der Waals surface area contributed by atoms with E-state index in [0.29, 0.717) is 0 Å². The van der Waals surface area contributed by atoms with Crippen LogP contribution in [-0.2, 0) is 6.42 Å². The third-order valence-electron chi connectivity index (χ3n) is 6.30. The first-order valence-electron chi connectivity index (χ1n) is 10.8. The van der Waals surface area contributed by atoms with Crippen molar-refractivity contribution in [2.24, 2.45) is 0 Å². The fourth-order valence-corrected chi connectivity index (χ4v) is 4.87. The number of aryl methyl sites for hydroxylation is 1. The average Bonchev–Trinajstić information content (AvgIpc) is 3.17. The van der Waals surface area contributed by atoms with Gasteiger partial charge >= 0.3 is 0 Å². The monoisotopic (exact) mass is 397 g/mol. The Morgan fingerprint density at radius 3 is 2.16 bits per heavy atom. The van der Waals surface area contributed by atoms with Crippen LogP contribution in [0.5, 0.6) is 0 Å². The first-order chi connectivity index (χ1) is 15.3. The Kier molecular flexibility index (Phi) is 4.14. The lowest BCUT2D eigenvalue weighted by molar-refractivity contribution is 1.23. The molecule has 0 unspecified atom stereocenters. The summed E-state index contributed by atoms with van der Waals surface area (Å²) in [6.45, 7) is 2.17. The van der Waals surface area contributed by atoms with Gasteiger partial charge in [0.1, 0.15) is 0 Å². The minimum Gasteiger partial charge on any atom is -0.310 e.